The highest BCUT2D eigenvalue weighted by Gasteiger charge is 2.26. The number of rotatable bonds is 3. The van der Waals surface area contributed by atoms with Crippen LogP contribution in [0.15, 0.2) is 6.07 Å². The number of nitrogens with zero attached hydrogens (tertiary/aromatic N) is 2. The van der Waals surface area contributed by atoms with E-state index in [1.165, 1.54) is 6.42 Å². The molecule has 1 aromatic heterocycles. The molecule has 0 bridgehead atoms. The average molecular weight is 277 g/mol. The lowest BCUT2D eigenvalue weighted by atomic mass is 9.99. The summed E-state index contributed by atoms with van der Waals surface area (Å²) in [7, 11) is 0. The third-order valence-corrected chi connectivity index (χ3v) is 3.99. The Labute approximate surface area is 120 Å². The largest absolute Gasteiger partial charge is 0.478 e. The first-order chi connectivity index (χ1) is 9.40. The molecule has 0 amide bonds. The van der Waals surface area contributed by atoms with Crippen LogP contribution in [0.25, 0.3) is 0 Å². The second-order valence-corrected chi connectivity index (χ2v) is 5.72. The van der Waals surface area contributed by atoms with Crippen LogP contribution in [0.2, 0.25) is 0 Å². The van der Waals surface area contributed by atoms with Gasteiger partial charge in [0.15, 0.2) is 0 Å². The number of carboxylic acid groups (broad SMARTS) is 1. The minimum atomic E-state index is -0.935. The van der Waals surface area contributed by atoms with Crippen LogP contribution in [0.4, 0.5) is 5.69 Å². The summed E-state index contributed by atoms with van der Waals surface area (Å²) in [4.78, 5) is 15.7. The molecular weight excluding hydrogens is 254 g/mol. The first-order valence-corrected chi connectivity index (χ1v) is 7.16. The van der Waals surface area contributed by atoms with Crippen molar-refractivity contribution in [2.75, 3.05) is 5.43 Å². The smallest absolute Gasteiger partial charge is 0.339 e. The zero-order valence-electron chi connectivity index (χ0n) is 12.6. The number of aryl methyl sites for hydroxylation is 2. The van der Waals surface area contributed by atoms with E-state index in [1.54, 1.807) is 6.92 Å². The number of hydrogen-bond donors (Lipinski definition) is 2. The molecule has 2 N–H and O–H groups in total. The monoisotopic (exact) mass is 277 g/mol. The predicted molar refractivity (Wildman–Crippen MR) is 78.9 cm³/mol. The van der Waals surface area contributed by atoms with Gasteiger partial charge in [0.1, 0.15) is 5.56 Å². The molecule has 0 saturated carbocycles. The van der Waals surface area contributed by atoms with E-state index in [9.17, 15) is 9.90 Å². The number of aromatic carboxylic acids is 1. The van der Waals surface area contributed by atoms with Gasteiger partial charge in [0.2, 0.25) is 0 Å². The molecule has 1 aliphatic heterocycles. The number of hydrogen-bond acceptors (Lipinski definition) is 4. The molecule has 5 heteroatoms. The van der Waals surface area contributed by atoms with Gasteiger partial charge < -0.3 is 10.5 Å². The fourth-order valence-electron chi connectivity index (χ4n) is 2.97. The Kier molecular flexibility index (Phi) is 4.28. The SMILES string of the molecule is Cc1cc(NN2C(C)CCCC2C)c(C(=O)O)c(C)n1. The van der Waals surface area contributed by atoms with Crippen LogP contribution in [0, 0.1) is 13.8 Å². The molecule has 2 rings (SSSR count). The number of carboxylic acids is 1. The Balaban J connectivity index is 2.34. The van der Waals surface area contributed by atoms with Crippen molar-refractivity contribution in [1.29, 1.82) is 0 Å². The standard InChI is InChI=1S/C15H23N3O2/c1-9-8-13(14(15(19)20)12(4)16-9)17-18-10(2)6-5-7-11(18)3/h8,10-11H,5-7H2,1-4H3,(H,16,17)(H,19,20). The normalized spacial score (nSPS) is 23.6. The molecule has 1 aromatic rings. The van der Waals surface area contributed by atoms with Crippen molar-refractivity contribution in [1.82, 2.24) is 9.99 Å². The van der Waals surface area contributed by atoms with Crippen molar-refractivity contribution in [2.24, 2.45) is 0 Å². The molecule has 20 heavy (non-hydrogen) atoms. The molecule has 0 spiro atoms. The number of anilines is 1. The molecule has 110 valence electrons. The molecular formula is C15H23N3O2. The van der Waals surface area contributed by atoms with Gasteiger partial charge in [-0.15, -0.1) is 0 Å². The van der Waals surface area contributed by atoms with Gasteiger partial charge in [-0.2, -0.15) is 0 Å². The Bertz CT molecular complexity index is 506. The van der Waals surface area contributed by atoms with Crippen LogP contribution in [0.5, 0.6) is 0 Å². The van der Waals surface area contributed by atoms with E-state index in [0.717, 1.165) is 18.5 Å². The third kappa shape index (κ3) is 2.93. The summed E-state index contributed by atoms with van der Waals surface area (Å²) in [5.41, 5.74) is 5.61. The molecule has 0 aliphatic carbocycles. The van der Waals surface area contributed by atoms with Gasteiger partial charge in [0, 0.05) is 17.8 Å². The van der Waals surface area contributed by atoms with Crippen LogP contribution in [-0.2, 0) is 0 Å². The second-order valence-electron chi connectivity index (χ2n) is 5.72. The van der Waals surface area contributed by atoms with Crippen molar-refractivity contribution in [3.8, 4) is 0 Å². The predicted octanol–water partition coefficient (Wildman–Crippen LogP) is 2.99. The highest BCUT2D eigenvalue weighted by Crippen LogP contribution is 2.26. The molecule has 0 radical (unpaired) electrons. The molecule has 2 atom stereocenters. The van der Waals surface area contributed by atoms with Crippen LogP contribution >= 0.6 is 0 Å². The Morgan fingerprint density at radius 1 is 1.35 bits per heavy atom. The minimum Gasteiger partial charge on any atom is -0.478 e. The number of carbonyl (C=O) groups is 1. The van der Waals surface area contributed by atoms with Gasteiger partial charge in [-0.3, -0.25) is 4.98 Å². The lowest BCUT2D eigenvalue weighted by molar-refractivity contribution is 0.0694. The van der Waals surface area contributed by atoms with E-state index in [-0.39, 0.29) is 5.56 Å². The summed E-state index contributed by atoms with van der Waals surface area (Å²) in [6.45, 7) is 7.96. The van der Waals surface area contributed by atoms with Crippen molar-refractivity contribution >= 4 is 11.7 Å². The van der Waals surface area contributed by atoms with E-state index in [1.807, 2.05) is 13.0 Å². The zero-order chi connectivity index (χ0) is 14.9. The molecule has 1 fully saturated rings. The molecule has 2 heterocycles. The summed E-state index contributed by atoms with van der Waals surface area (Å²) in [5.74, 6) is -0.935. The van der Waals surface area contributed by atoms with E-state index in [0.29, 0.717) is 23.5 Å². The maximum Gasteiger partial charge on any atom is 0.339 e. The number of piperidine rings is 1. The average Bonchev–Trinajstić information content (AvgIpc) is 2.32. The lowest BCUT2D eigenvalue weighted by Gasteiger charge is -2.39. The number of aromatic nitrogens is 1. The first-order valence-electron chi connectivity index (χ1n) is 7.16. The van der Waals surface area contributed by atoms with Crippen molar-refractivity contribution < 1.29 is 9.90 Å². The molecule has 2 unspecified atom stereocenters. The summed E-state index contributed by atoms with van der Waals surface area (Å²) >= 11 is 0. The molecule has 1 aliphatic rings. The Morgan fingerprint density at radius 3 is 2.50 bits per heavy atom. The maximum absolute atomic E-state index is 11.5. The zero-order valence-corrected chi connectivity index (χ0v) is 12.6. The van der Waals surface area contributed by atoms with Crippen LogP contribution in [0.1, 0.15) is 54.9 Å². The van der Waals surface area contributed by atoms with Crippen LogP contribution in [-0.4, -0.2) is 33.2 Å². The van der Waals surface area contributed by atoms with E-state index >= 15 is 0 Å². The van der Waals surface area contributed by atoms with Gasteiger partial charge in [-0.05, 0) is 46.6 Å². The summed E-state index contributed by atoms with van der Waals surface area (Å²) in [6, 6.07) is 2.60. The topological polar surface area (TPSA) is 65.5 Å². The third-order valence-electron chi connectivity index (χ3n) is 3.99. The second kappa shape index (κ2) is 5.79. The fraction of sp³-hybridized carbons (Fsp3) is 0.600. The van der Waals surface area contributed by atoms with Gasteiger partial charge in [-0.25, -0.2) is 9.80 Å². The molecule has 5 nitrogen and oxygen atoms in total. The summed E-state index contributed by atoms with van der Waals surface area (Å²) < 4.78 is 0. The van der Waals surface area contributed by atoms with E-state index < -0.39 is 5.97 Å². The van der Waals surface area contributed by atoms with Crippen LogP contribution < -0.4 is 5.43 Å². The minimum absolute atomic E-state index is 0.264. The lowest BCUT2D eigenvalue weighted by Crippen LogP contribution is -2.47. The van der Waals surface area contributed by atoms with Crippen molar-refractivity contribution in [2.45, 2.75) is 59.0 Å². The fourth-order valence-corrected chi connectivity index (χ4v) is 2.97. The van der Waals surface area contributed by atoms with Gasteiger partial charge in [-0.1, -0.05) is 6.42 Å². The first kappa shape index (κ1) is 14.8. The maximum atomic E-state index is 11.5. The van der Waals surface area contributed by atoms with Crippen molar-refractivity contribution in [3.63, 3.8) is 0 Å². The number of nitrogens with one attached hydrogen (secondary N) is 1. The van der Waals surface area contributed by atoms with Gasteiger partial charge in [0.25, 0.3) is 0 Å². The summed E-state index contributed by atoms with van der Waals surface area (Å²) in [6.07, 6.45) is 3.48. The quantitative estimate of drug-likeness (QED) is 0.889. The van der Waals surface area contributed by atoms with Gasteiger partial charge >= 0.3 is 5.97 Å². The number of hydrazine groups is 1. The Hall–Kier alpha value is -1.62. The molecule has 1 saturated heterocycles. The van der Waals surface area contributed by atoms with Crippen molar-refractivity contribution in [3.05, 3.63) is 23.0 Å². The highest BCUT2D eigenvalue weighted by molar-refractivity contribution is 5.95. The van der Waals surface area contributed by atoms with Crippen LogP contribution in [0.3, 0.4) is 0 Å². The summed E-state index contributed by atoms with van der Waals surface area (Å²) in [5, 5.41) is 11.6. The highest BCUT2D eigenvalue weighted by atomic mass is 16.4. The van der Waals surface area contributed by atoms with Gasteiger partial charge in [0.05, 0.1) is 11.4 Å². The van der Waals surface area contributed by atoms with E-state index in [4.69, 9.17) is 0 Å². The number of pyridine rings is 1. The molecule has 0 aromatic carbocycles. The Morgan fingerprint density at radius 2 is 1.95 bits per heavy atom. The van der Waals surface area contributed by atoms with E-state index in [2.05, 4.69) is 29.3 Å².